The molecule has 0 unspecified atom stereocenters. The number of likely N-dealkylation sites (N-methyl/N-ethyl adjacent to an activating group) is 1. The first-order valence-corrected chi connectivity index (χ1v) is 6.65. The number of aryl methyl sites for hydroxylation is 2. The molecule has 0 aliphatic rings. The topological polar surface area (TPSA) is 76.2 Å². The molecule has 1 heterocycles. The Labute approximate surface area is 113 Å². The third-order valence-corrected chi connectivity index (χ3v) is 3.04. The first kappa shape index (κ1) is 15.4. The van der Waals surface area contributed by atoms with Crippen LogP contribution in [0.15, 0.2) is 0 Å². The van der Waals surface area contributed by atoms with Crippen LogP contribution in [-0.2, 0) is 6.54 Å². The second-order valence-electron chi connectivity index (χ2n) is 4.59. The number of nitrogens with zero attached hydrogens (tertiary/aromatic N) is 4. The van der Waals surface area contributed by atoms with Gasteiger partial charge in [0.1, 0.15) is 5.69 Å². The molecule has 1 aromatic rings. The fraction of sp³-hybridized carbons (Fsp3) is 0.750. The molecule has 0 spiro atoms. The lowest BCUT2D eigenvalue weighted by Gasteiger charge is -2.14. The minimum absolute atomic E-state index is 0.0904. The normalized spacial score (nSPS) is 11.0. The van der Waals surface area contributed by atoms with Crippen molar-refractivity contribution in [1.82, 2.24) is 14.7 Å². The summed E-state index contributed by atoms with van der Waals surface area (Å²) in [6.07, 6.45) is 0.891. The molecule has 1 aromatic heterocycles. The van der Waals surface area contributed by atoms with Gasteiger partial charge in [0.15, 0.2) is 0 Å². The molecule has 19 heavy (non-hydrogen) atoms. The Bertz CT molecular complexity index is 430. The average molecular weight is 269 g/mol. The van der Waals surface area contributed by atoms with Crippen molar-refractivity contribution in [3.63, 3.8) is 0 Å². The smallest absolute Gasteiger partial charge is 0.333 e. The number of nitro groups is 1. The third kappa shape index (κ3) is 3.92. The maximum absolute atomic E-state index is 11.1. The monoisotopic (exact) mass is 269 g/mol. The largest absolute Gasteiger partial charge is 0.363 e. The molecule has 0 bridgehead atoms. The zero-order chi connectivity index (χ0) is 14.4. The Morgan fingerprint density at radius 2 is 2.16 bits per heavy atom. The second-order valence-corrected chi connectivity index (χ2v) is 4.59. The lowest BCUT2D eigenvalue weighted by Crippen LogP contribution is -2.25. The third-order valence-electron chi connectivity index (χ3n) is 3.04. The number of rotatable bonds is 8. The molecule has 0 radical (unpaired) electrons. The van der Waals surface area contributed by atoms with Gasteiger partial charge < -0.3 is 10.2 Å². The first-order valence-electron chi connectivity index (χ1n) is 6.65. The van der Waals surface area contributed by atoms with Gasteiger partial charge >= 0.3 is 5.69 Å². The van der Waals surface area contributed by atoms with E-state index in [9.17, 15) is 10.1 Å². The Kier molecular flexibility index (Phi) is 5.75. The average Bonchev–Trinajstić information content (AvgIpc) is 2.66. The van der Waals surface area contributed by atoms with E-state index >= 15 is 0 Å². The molecule has 0 atom stereocenters. The number of aromatic nitrogens is 2. The van der Waals surface area contributed by atoms with E-state index in [1.807, 2.05) is 14.0 Å². The Morgan fingerprint density at radius 1 is 1.47 bits per heavy atom. The van der Waals surface area contributed by atoms with Crippen molar-refractivity contribution in [2.75, 3.05) is 32.0 Å². The van der Waals surface area contributed by atoms with E-state index in [1.165, 1.54) is 0 Å². The highest BCUT2D eigenvalue weighted by molar-refractivity contribution is 5.59. The molecule has 1 N–H and O–H groups in total. The molecule has 0 saturated heterocycles. The molecule has 0 aliphatic carbocycles. The lowest BCUT2D eigenvalue weighted by molar-refractivity contribution is -0.384. The summed E-state index contributed by atoms with van der Waals surface area (Å²) in [6, 6.07) is 0. The standard InChI is InChI=1S/C12H23N5O2/c1-5-8-16-12(13-7-9-15(4)6-2)11(17(18)19)10(3)14-16/h13H,5-9H2,1-4H3. The van der Waals surface area contributed by atoms with Gasteiger partial charge in [0.05, 0.1) is 4.92 Å². The van der Waals surface area contributed by atoms with Crippen LogP contribution in [0.25, 0.3) is 0 Å². The maximum atomic E-state index is 11.1. The van der Waals surface area contributed by atoms with Gasteiger partial charge in [0, 0.05) is 19.6 Å². The maximum Gasteiger partial charge on any atom is 0.333 e. The van der Waals surface area contributed by atoms with Crippen molar-refractivity contribution >= 4 is 11.5 Å². The molecule has 0 aliphatic heterocycles. The van der Waals surface area contributed by atoms with Crippen LogP contribution >= 0.6 is 0 Å². The van der Waals surface area contributed by atoms with Crippen LogP contribution in [0.2, 0.25) is 0 Å². The van der Waals surface area contributed by atoms with Gasteiger partial charge in [-0.1, -0.05) is 13.8 Å². The fourth-order valence-electron chi connectivity index (χ4n) is 1.86. The summed E-state index contributed by atoms with van der Waals surface area (Å²) in [4.78, 5) is 12.9. The Hall–Kier alpha value is -1.63. The van der Waals surface area contributed by atoms with Crippen LogP contribution in [0.3, 0.4) is 0 Å². The van der Waals surface area contributed by atoms with Crippen LogP contribution in [0.5, 0.6) is 0 Å². The summed E-state index contributed by atoms with van der Waals surface area (Å²) in [5.74, 6) is 0.522. The minimum atomic E-state index is -0.361. The summed E-state index contributed by atoms with van der Waals surface area (Å²) in [5, 5.41) is 18.5. The Morgan fingerprint density at radius 3 is 2.68 bits per heavy atom. The van der Waals surface area contributed by atoms with Gasteiger partial charge in [0.2, 0.25) is 5.82 Å². The van der Waals surface area contributed by atoms with Crippen LogP contribution in [0, 0.1) is 17.0 Å². The van der Waals surface area contributed by atoms with Crippen molar-refractivity contribution < 1.29 is 4.92 Å². The molecule has 1 rings (SSSR count). The van der Waals surface area contributed by atoms with Gasteiger partial charge in [-0.2, -0.15) is 5.10 Å². The summed E-state index contributed by atoms with van der Waals surface area (Å²) in [7, 11) is 2.02. The van der Waals surface area contributed by atoms with Gasteiger partial charge in [-0.3, -0.25) is 10.1 Å². The van der Waals surface area contributed by atoms with E-state index in [1.54, 1.807) is 11.6 Å². The van der Waals surface area contributed by atoms with E-state index in [0.717, 1.165) is 19.5 Å². The SMILES string of the molecule is CCCn1nc(C)c([N+](=O)[O-])c1NCCN(C)CC. The van der Waals surface area contributed by atoms with Crippen molar-refractivity contribution in [2.45, 2.75) is 33.7 Å². The molecule has 0 fully saturated rings. The molecule has 0 saturated carbocycles. The van der Waals surface area contributed by atoms with Gasteiger partial charge in [-0.15, -0.1) is 0 Å². The second kappa shape index (κ2) is 7.08. The number of anilines is 1. The molecule has 0 aromatic carbocycles. The summed E-state index contributed by atoms with van der Waals surface area (Å²) in [6.45, 7) is 8.92. The van der Waals surface area contributed by atoms with E-state index in [2.05, 4.69) is 22.2 Å². The highest BCUT2D eigenvalue weighted by atomic mass is 16.6. The van der Waals surface area contributed by atoms with Crippen LogP contribution < -0.4 is 5.32 Å². The van der Waals surface area contributed by atoms with E-state index in [0.29, 0.717) is 24.6 Å². The van der Waals surface area contributed by atoms with Gasteiger partial charge in [0.25, 0.3) is 0 Å². The quantitative estimate of drug-likeness (QED) is 0.576. The zero-order valence-corrected chi connectivity index (χ0v) is 12.1. The van der Waals surface area contributed by atoms with Crippen molar-refractivity contribution in [3.8, 4) is 0 Å². The molecule has 7 nitrogen and oxygen atoms in total. The molecule has 7 heteroatoms. The lowest BCUT2D eigenvalue weighted by atomic mass is 10.3. The van der Waals surface area contributed by atoms with Crippen LogP contribution in [-0.4, -0.2) is 46.3 Å². The van der Waals surface area contributed by atoms with Crippen LogP contribution in [0.4, 0.5) is 11.5 Å². The highest BCUT2D eigenvalue weighted by Gasteiger charge is 2.24. The molecule has 0 amide bonds. The fourth-order valence-corrected chi connectivity index (χ4v) is 1.86. The summed E-state index contributed by atoms with van der Waals surface area (Å²) in [5.41, 5.74) is 0.553. The molecule has 108 valence electrons. The minimum Gasteiger partial charge on any atom is -0.363 e. The highest BCUT2D eigenvalue weighted by Crippen LogP contribution is 2.28. The van der Waals surface area contributed by atoms with Crippen molar-refractivity contribution in [2.24, 2.45) is 0 Å². The predicted octanol–water partition coefficient (Wildman–Crippen LogP) is 1.87. The van der Waals surface area contributed by atoms with Gasteiger partial charge in [-0.25, -0.2) is 4.68 Å². The van der Waals surface area contributed by atoms with Gasteiger partial charge in [-0.05, 0) is 26.9 Å². The first-order chi connectivity index (χ1) is 9.01. The Balaban J connectivity index is 2.86. The number of hydrogen-bond donors (Lipinski definition) is 1. The van der Waals surface area contributed by atoms with E-state index < -0.39 is 0 Å². The zero-order valence-electron chi connectivity index (χ0n) is 12.1. The summed E-state index contributed by atoms with van der Waals surface area (Å²) < 4.78 is 1.69. The molecular formula is C12H23N5O2. The number of nitrogens with one attached hydrogen (secondary N) is 1. The molecular weight excluding hydrogens is 246 g/mol. The van der Waals surface area contributed by atoms with E-state index in [4.69, 9.17) is 0 Å². The van der Waals surface area contributed by atoms with Crippen molar-refractivity contribution in [3.05, 3.63) is 15.8 Å². The predicted molar refractivity (Wildman–Crippen MR) is 75.6 cm³/mol. The summed E-state index contributed by atoms with van der Waals surface area (Å²) >= 11 is 0. The van der Waals surface area contributed by atoms with Crippen LogP contribution in [0.1, 0.15) is 26.0 Å². The van der Waals surface area contributed by atoms with Crippen molar-refractivity contribution in [1.29, 1.82) is 0 Å². The number of hydrogen-bond acceptors (Lipinski definition) is 5. The van der Waals surface area contributed by atoms with E-state index in [-0.39, 0.29) is 10.6 Å².